The lowest BCUT2D eigenvalue weighted by molar-refractivity contribution is -0.344. The van der Waals surface area contributed by atoms with Crippen LogP contribution in [0.15, 0.2) is 23.8 Å². The lowest BCUT2D eigenvalue weighted by atomic mass is 9.51. The van der Waals surface area contributed by atoms with Gasteiger partial charge >= 0.3 is 0 Å². The van der Waals surface area contributed by atoms with Crippen LogP contribution < -0.4 is 0 Å². The van der Waals surface area contributed by atoms with Gasteiger partial charge in [0.1, 0.15) is 5.78 Å². The summed E-state index contributed by atoms with van der Waals surface area (Å²) in [5.41, 5.74) is 1.46. The van der Waals surface area contributed by atoms with Crippen LogP contribution >= 0.6 is 0 Å². The number of carbonyl (C=O) groups excluding carboxylic acids is 1. The molecule has 2 heterocycles. The number of allylic oxidation sites excluding steroid dienone is 2. The first kappa shape index (κ1) is 17.0. The first-order valence-corrected chi connectivity index (χ1v) is 9.43. The summed E-state index contributed by atoms with van der Waals surface area (Å²) in [6, 6.07) is 2.36. The molecule has 25 heavy (non-hydrogen) atoms. The molecule has 4 heteroatoms. The number of nitrogens with zero attached hydrogens (tertiary/aromatic N) is 1. The summed E-state index contributed by atoms with van der Waals surface area (Å²) in [6.45, 7) is 8.61. The van der Waals surface area contributed by atoms with E-state index in [0.717, 1.165) is 24.0 Å². The minimum absolute atomic E-state index is 0.0868. The average molecular weight is 341 g/mol. The molecule has 0 aromatic heterocycles. The monoisotopic (exact) mass is 341 g/mol. The van der Waals surface area contributed by atoms with Crippen molar-refractivity contribution in [1.82, 2.24) is 0 Å². The van der Waals surface area contributed by atoms with Crippen LogP contribution in [0.5, 0.6) is 0 Å². The highest BCUT2D eigenvalue weighted by atomic mass is 16.7. The number of hydrogen-bond acceptors (Lipinski definition) is 4. The van der Waals surface area contributed by atoms with Crippen LogP contribution in [0.3, 0.4) is 0 Å². The molecule has 2 saturated heterocycles. The smallest absolute Gasteiger partial charge is 0.161 e. The number of ketones is 1. The number of methoxy groups -OCH3 is 1. The van der Waals surface area contributed by atoms with Gasteiger partial charge in [0.15, 0.2) is 6.29 Å². The van der Waals surface area contributed by atoms with Crippen molar-refractivity contribution in [2.45, 2.75) is 51.4 Å². The van der Waals surface area contributed by atoms with E-state index in [2.05, 4.69) is 32.6 Å². The van der Waals surface area contributed by atoms with Crippen molar-refractivity contribution < 1.29 is 14.3 Å². The lowest BCUT2D eigenvalue weighted by Gasteiger charge is -2.63. The maximum absolute atomic E-state index is 12.6. The van der Waals surface area contributed by atoms with Crippen LogP contribution in [0.4, 0.5) is 0 Å². The fourth-order valence-electron chi connectivity index (χ4n) is 6.52. The molecule has 0 aromatic carbocycles. The Morgan fingerprint density at radius 2 is 2.28 bits per heavy atom. The molecule has 5 aliphatic rings. The molecule has 1 spiro atoms. The normalized spacial score (nSPS) is 48.2. The Hall–Kier alpha value is -1.44. The van der Waals surface area contributed by atoms with Gasteiger partial charge in [0.25, 0.3) is 0 Å². The molecule has 2 saturated carbocycles. The number of carbonyl (C=O) groups is 1. The molecule has 4 fully saturated rings. The second kappa shape index (κ2) is 5.79. The number of ether oxygens (including phenoxy) is 2. The summed E-state index contributed by atoms with van der Waals surface area (Å²) >= 11 is 0. The molecule has 5 rings (SSSR count). The van der Waals surface area contributed by atoms with Gasteiger partial charge in [-0.05, 0) is 43.9 Å². The molecule has 0 N–H and O–H groups in total. The number of rotatable bonds is 2. The third-order valence-electron chi connectivity index (χ3n) is 7.38. The fourth-order valence-corrected chi connectivity index (χ4v) is 6.52. The van der Waals surface area contributed by atoms with Crippen molar-refractivity contribution in [1.29, 1.82) is 5.26 Å². The van der Waals surface area contributed by atoms with Crippen molar-refractivity contribution in [3.8, 4) is 6.07 Å². The van der Waals surface area contributed by atoms with Crippen LogP contribution in [0.2, 0.25) is 0 Å². The van der Waals surface area contributed by atoms with Crippen LogP contribution in [0.1, 0.15) is 39.5 Å². The minimum atomic E-state index is -0.422. The van der Waals surface area contributed by atoms with E-state index in [0.29, 0.717) is 24.5 Å². The summed E-state index contributed by atoms with van der Waals surface area (Å²) in [6.07, 6.45) is 4.94. The predicted octanol–water partition coefficient (Wildman–Crippen LogP) is 3.64. The summed E-state index contributed by atoms with van der Waals surface area (Å²) in [5.74, 6) is 1.34. The van der Waals surface area contributed by atoms with Crippen molar-refractivity contribution in [2.24, 2.45) is 35.5 Å². The van der Waals surface area contributed by atoms with Gasteiger partial charge in [-0.1, -0.05) is 25.2 Å². The third-order valence-corrected chi connectivity index (χ3v) is 7.38. The molecular weight excluding hydrogens is 314 g/mol. The first-order chi connectivity index (χ1) is 11.9. The van der Waals surface area contributed by atoms with E-state index in [4.69, 9.17) is 9.47 Å². The van der Waals surface area contributed by atoms with E-state index in [1.54, 1.807) is 7.11 Å². The second-order valence-electron chi connectivity index (χ2n) is 8.50. The van der Waals surface area contributed by atoms with Gasteiger partial charge in [0, 0.05) is 36.9 Å². The zero-order valence-electron chi connectivity index (χ0n) is 15.3. The predicted molar refractivity (Wildman–Crippen MR) is 93.2 cm³/mol. The van der Waals surface area contributed by atoms with Crippen LogP contribution in [-0.2, 0) is 14.3 Å². The zero-order chi connectivity index (χ0) is 17.9. The van der Waals surface area contributed by atoms with Crippen molar-refractivity contribution in [2.75, 3.05) is 7.11 Å². The topological polar surface area (TPSA) is 59.3 Å². The SMILES string of the molecule is C=C(C)[C@@H]1[C@H]2C[C@@H](C)[C@]3(OC2OC)[C@@H]2CCC(=O)[C@@H]2CC(C#N)=C[C@@H]13. The van der Waals surface area contributed by atoms with Gasteiger partial charge in [-0.2, -0.15) is 5.26 Å². The molecule has 3 aliphatic carbocycles. The van der Waals surface area contributed by atoms with Crippen molar-refractivity contribution in [3.63, 3.8) is 0 Å². The van der Waals surface area contributed by atoms with Crippen LogP contribution in [-0.4, -0.2) is 24.8 Å². The van der Waals surface area contributed by atoms with Crippen molar-refractivity contribution in [3.05, 3.63) is 23.8 Å². The van der Waals surface area contributed by atoms with E-state index < -0.39 is 5.60 Å². The minimum Gasteiger partial charge on any atom is -0.356 e. The summed E-state index contributed by atoms with van der Waals surface area (Å²) in [7, 11) is 1.71. The van der Waals surface area contributed by atoms with E-state index in [1.165, 1.54) is 0 Å². The van der Waals surface area contributed by atoms with E-state index in [-0.39, 0.29) is 35.9 Å². The largest absolute Gasteiger partial charge is 0.356 e. The molecule has 0 radical (unpaired) electrons. The lowest BCUT2D eigenvalue weighted by Crippen LogP contribution is -2.67. The highest BCUT2D eigenvalue weighted by Crippen LogP contribution is 2.64. The molecule has 1 unspecified atom stereocenters. The van der Waals surface area contributed by atoms with E-state index >= 15 is 0 Å². The van der Waals surface area contributed by atoms with Gasteiger partial charge < -0.3 is 9.47 Å². The van der Waals surface area contributed by atoms with Crippen LogP contribution in [0.25, 0.3) is 0 Å². The molecule has 8 atom stereocenters. The number of hydrogen-bond donors (Lipinski definition) is 0. The Morgan fingerprint density at radius 3 is 2.92 bits per heavy atom. The molecule has 0 aromatic rings. The van der Waals surface area contributed by atoms with Gasteiger partial charge in [0.2, 0.25) is 0 Å². The maximum atomic E-state index is 12.6. The fraction of sp³-hybridized carbons (Fsp3) is 0.714. The molecule has 4 nitrogen and oxygen atoms in total. The third kappa shape index (κ3) is 2.15. The highest BCUT2D eigenvalue weighted by Gasteiger charge is 2.67. The highest BCUT2D eigenvalue weighted by molar-refractivity contribution is 5.84. The molecule has 2 aliphatic heterocycles. The summed E-state index contributed by atoms with van der Waals surface area (Å²) in [5, 5.41) is 9.65. The standard InChI is InChI=1S/C21H27NO3/c1-11(2)19-15-7-12(3)21(25-20(15)24-4)16-5-6-18(23)14(16)8-13(10-22)9-17(19)21/h9,12,14-17,19-20H,1,5-8H2,2-4H3/t12-,14-,15-,16-,17+,19-,20?,21+/m1/s1. The summed E-state index contributed by atoms with van der Waals surface area (Å²) in [4.78, 5) is 12.6. The van der Waals surface area contributed by atoms with Gasteiger partial charge in [0.05, 0.1) is 11.7 Å². The summed E-state index contributed by atoms with van der Waals surface area (Å²) < 4.78 is 12.4. The number of Topliss-reactive ketones (excluding diaryl/α,β-unsaturated/α-hetero) is 1. The van der Waals surface area contributed by atoms with Crippen molar-refractivity contribution >= 4 is 5.78 Å². The Morgan fingerprint density at radius 1 is 1.52 bits per heavy atom. The number of fused-ring (bicyclic) bond motifs is 3. The average Bonchev–Trinajstić information content (AvgIpc) is 2.87. The second-order valence-corrected chi connectivity index (χ2v) is 8.50. The maximum Gasteiger partial charge on any atom is 0.161 e. The Labute approximate surface area is 149 Å². The van der Waals surface area contributed by atoms with E-state index in [9.17, 15) is 10.1 Å². The molecular formula is C21H27NO3. The van der Waals surface area contributed by atoms with Gasteiger partial charge in [-0.15, -0.1) is 0 Å². The van der Waals surface area contributed by atoms with Crippen LogP contribution in [0, 0.1) is 46.8 Å². The Bertz CT molecular complexity index is 690. The Kier molecular flexibility index (Phi) is 3.94. The van der Waals surface area contributed by atoms with E-state index in [1.807, 2.05) is 0 Å². The zero-order valence-corrected chi connectivity index (χ0v) is 15.3. The van der Waals surface area contributed by atoms with Gasteiger partial charge in [-0.3, -0.25) is 4.79 Å². The quantitative estimate of drug-likeness (QED) is 0.720. The first-order valence-electron chi connectivity index (χ1n) is 9.43. The molecule has 2 bridgehead atoms. The molecule has 0 amide bonds. The molecule has 134 valence electrons. The van der Waals surface area contributed by atoms with Gasteiger partial charge in [-0.25, -0.2) is 0 Å². The Balaban J connectivity index is 1.92. The number of nitriles is 1.